The molecule has 0 spiro atoms. The Kier molecular flexibility index (Phi) is 11.0. The lowest BCUT2D eigenvalue weighted by atomic mass is 9.84. The molecule has 3 aromatic rings. The van der Waals surface area contributed by atoms with E-state index in [1.54, 1.807) is 25.1 Å². The second-order valence-corrected chi connectivity index (χ2v) is 12.7. The highest BCUT2D eigenvalue weighted by molar-refractivity contribution is 7.73. The van der Waals surface area contributed by atoms with Crippen molar-refractivity contribution in [3.8, 4) is 0 Å². The van der Waals surface area contributed by atoms with E-state index in [2.05, 4.69) is 45.7 Å². The summed E-state index contributed by atoms with van der Waals surface area (Å²) in [6.45, 7) is 10.7. The maximum Gasteiger partial charge on any atom is 0.270 e. The topological polar surface area (TPSA) is 117 Å². The minimum Gasteiger partial charge on any atom is -0.324 e. The quantitative estimate of drug-likeness (QED) is 0.125. The smallest absolute Gasteiger partial charge is 0.270 e. The number of Topliss-reactive ketones (excluding diaryl/α,β-unsaturated/α-hetero) is 1. The number of nitrogens with zero attached hydrogens (tertiary/aromatic N) is 4. The average molecular weight is 629 g/mol. The molecule has 44 heavy (non-hydrogen) atoms. The van der Waals surface area contributed by atoms with Crippen LogP contribution in [0.2, 0.25) is 0 Å². The maximum absolute atomic E-state index is 13.8. The molecule has 238 valence electrons. The summed E-state index contributed by atoms with van der Waals surface area (Å²) in [5.41, 5.74) is 3.67. The summed E-state index contributed by atoms with van der Waals surface area (Å²) in [6.07, 6.45) is 7.48. The number of carbonyl (C=O) groups excluding carboxylic acids is 1. The first-order valence-corrected chi connectivity index (χ1v) is 16.3. The van der Waals surface area contributed by atoms with Crippen LogP contribution in [-0.4, -0.2) is 40.1 Å². The van der Waals surface area contributed by atoms with Gasteiger partial charge in [0.1, 0.15) is 5.82 Å². The Morgan fingerprint density at radius 3 is 2.55 bits per heavy atom. The number of aromatic nitrogens is 3. The van der Waals surface area contributed by atoms with Crippen molar-refractivity contribution < 1.29 is 22.0 Å². The molecule has 0 aliphatic carbocycles. The van der Waals surface area contributed by atoms with Crippen LogP contribution in [0.1, 0.15) is 92.5 Å². The number of hydrogen-bond acceptors (Lipinski definition) is 8. The van der Waals surface area contributed by atoms with Gasteiger partial charge in [-0.25, -0.2) is 32.2 Å². The number of benzene rings is 1. The predicted molar refractivity (Wildman–Crippen MR) is 169 cm³/mol. The Balaban J connectivity index is 1.34. The highest BCUT2D eigenvalue weighted by Crippen LogP contribution is 2.33. The molecule has 2 aromatic heterocycles. The van der Waals surface area contributed by atoms with Crippen molar-refractivity contribution in [2.24, 2.45) is 11.8 Å². The van der Waals surface area contributed by atoms with E-state index < -0.39 is 16.8 Å². The van der Waals surface area contributed by atoms with Crippen LogP contribution in [0.5, 0.6) is 0 Å². The molecule has 0 saturated carbocycles. The third-order valence-electron chi connectivity index (χ3n) is 8.50. The van der Waals surface area contributed by atoms with Gasteiger partial charge in [0.05, 0.1) is 5.69 Å². The summed E-state index contributed by atoms with van der Waals surface area (Å²) >= 11 is 0. The van der Waals surface area contributed by atoms with Crippen LogP contribution < -0.4 is 10.0 Å². The van der Waals surface area contributed by atoms with Gasteiger partial charge in [-0.05, 0) is 67.9 Å². The van der Waals surface area contributed by atoms with Crippen LogP contribution in [0.15, 0.2) is 42.7 Å². The van der Waals surface area contributed by atoms with E-state index in [0.29, 0.717) is 53.6 Å². The van der Waals surface area contributed by atoms with Crippen molar-refractivity contribution in [3.05, 3.63) is 70.7 Å². The summed E-state index contributed by atoms with van der Waals surface area (Å²) in [5, 5.41) is 3.17. The maximum atomic E-state index is 13.8. The van der Waals surface area contributed by atoms with Gasteiger partial charge in [-0.15, -0.1) is 0 Å². The molecular weight excluding hydrogens is 586 g/mol. The number of carbonyl (C=O) groups is 1. The van der Waals surface area contributed by atoms with E-state index in [0.717, 1.165) is 50.4 Å². The van der Waals surface area contributed by atoms with Crippen LogP contribution in [0.3, 0.4) is 0 Å². The van der Waals surface area contributed by atoms with Crippen molar-refractivity contribution >= 4 is 34.1 Å². The lowest BCUT2D eigenvalue weighted by Crippen LogP contribution is -2.33. The van der Waals surface area contributed by atoms with Crippen LogP contribution in [-0.2, 0) is 29.9 Å². The zero-order valence-electron chi connectivity index (χ0n) is 25.9. The van der Waals surface area contributed by atoms with Gasteiger partial charge in [0.25, 0.3) is 5.92 Å². The molecule has 1 aromatic carbocycles. The van der Waals surface area contributed by atoms with Crippen molar-refractivity contribution in [1.82, 2.24) is 19.9 Å². The molecule has 3 atom stereocenters. The average Bonchev–Trinajstić information content (AvgIpc) is 3.38. The van der Waals surface area contributed by atoms with Crippen molar-refractivity contribution in [2.45, 2.75) is 91.8 Å². The fourth-order valence-electron chi connectivity index (χ4n) is 5.85. The van der Waals surface area contributed by atoms with Gasteiger partial charge in [0.15, 0.2) is 5.78 Å². The SMILES string of the molecule is CCC[C@@H](C[C@@H](C)C(C)CCC(=O)c1ccnc(N[SH](=O)=O)c1)N1Cc2cnc(Nc3ccc(C(C)(F)F)c(C)c3)nc2C1. The summed E-state index contributed by atoms with van der Waals surface area (Å²) in [6, 6.07) is 8.18. The number of alkyl halides is 2. The van der Waals surface area contributed by atoms with E-state index >= 15 is 0 Å². The summed E-state index contributed by atoms with van der Waals surface area (Å²) in [5.74, 6) is -1.65. The molecule has 12 heteroatoms. The number of anilines is 3. The fourth-order valence-corrected chi connectivity index (χ4v) is 6.16. The zero-order chi connectivity index (χ0) is 32.0. The summed E-state index contributed by atoms with van der Waals surface area (Å²) in [7, 11) is -2.84. The van der Waals surface area contributed by atoms with Gasteiger partial charge in [-0.2, -0.15) is 0 Å². The van der Waals surface area contributed by atoms with E-state index in [1.165, 1.54) is 18.3 Å². The van der Waals surface area contributed by atoms with E-state index in [9.17, 15) is 22.0 Å². The number of rotatable bonds is 15. The normalized spacial score (nSPS) is 15.5. The minimum atomic E-state index is -2.90. The van der Waals surface area contributed by atoms with Crippen LogP contribution in [0.4, 0.5) is 26.2 Å². The molecule has 0 bridgehead atoms. The Hall–Kier alpha value is -3.51. The Labute approximate surface area is 260 Å². The molecule has 0 saturated heterocycles. The lowest BCUT2D eigenvalue weighted by molar-refractivity contribution is 0.0168. The Morgan fingerprint density at radius 2 is 1.86 bits per heavy atom. The van der Waals surface area contributed by atoms with E-state index in [-0.39, 0.29) is 17.2 Å². The molecule has 9 nitrogen and oxygen atoms in total. The molecule has 4 rings (SSSR count). The monoisotopic (exact) mass is 628 g/mol. The second kappa shape index (κ2) is 14.5. The molecule has 1 aliphatic heterocycles. The Morgan fingerprint density at radius 1 is 1.09 bits per heavy atom. The first-order valence-electron chi connectivity index (χ1n) is 15.1. The molecule has 0 fully saturated rings. The number of hydrogen-bond donors (Lipinski definition) is 3. The van der Waals surface area contributed by atoms with Crippen molar-refractivity contribution in [1.29, 1.82) is 0 Å². The molecule has 3 heterocycles. The van der Waals surface area contributed by atoms with Gasteiger partial charge in [-0.1, -0.05) is 33.3 Å². The minimum absolute atomic E-state index is 0.00262. The van der Waals surface area contributed by atoms with Crippen LogP contribution in [0, 0.1) is 18.8 Å². The molecule has 1 aliphatic rings. The van der Waals surface area contributed by atoms with Crippen LogP contribution in [0.25, 0.3) is 0 Å². The molecule has 1 unspecified atom stereocenters. The summed E-state index contributed by atoms with van der Waals surface area (Å²) in [4.78, 5) is 28.5. The number of fused-ring (bicyclic) bond motifs is 1. The van der Waals surface area contributed by atoms with Gasteiger partial charge >= 0.3 is 0 Å². The van der Waals surface area contributed by atoms with Gasteiger partial charge in [0, 0.05) is 67.2 Å². The number of ketones is 1. The summed E-state index contributed by atoms with van der Waals surface area (Å²) < 4.78 is 51.7. The fraction of sp³-hybridized carbons (Fsp3) is 0.500. The van der Waals surface area contributed by atoms with E-state index in [4.69, 9.17) is 4.98 Å². The lowest BCUT2D eigenvalue weighted by Gasteiger charge is -2.31. The number of thiol groups is 1. The van der Waals surface area contributed by atoms with Crippen molar-refractivity contribution in [3.63, 3.8) is 0 Å². The predicted octanol–water partition coefficient (Wildman–Crippen LogP) is 6.78. The van der Waals surface area contributed by atoms with Gasteiger partial charge < -0.3 is 5.32 Å². The Bertz CT molecular complexity index is 1540. The zero-order valence-corrected chi connectivity index (χ0v) is 26.8. The third-order valence-corrected chi connectivity index (χ3v) is 8.92. The molecular formula is C32H42F2N6O3S. The molecule has 0 radical (unpaired) electrons. The molecule has 0 amide bonds. The standard InChI is InChI=1S/C32H42F2N6O3S/c1-6-7-26(15-21(3)20(2)8-11-29(41)23-12-13-35-30(16-23)39-44(42)43)40-18-24-17-36-31(38-28(24)19-40)37-25-9-10-27(22(4)14-25)32(5,33)34/h9-10,12-14,16-17,20-21,26,44H,6-8,11,15,18-19H2,1-5H3,(H,36,37,38)(H,35,39,42,43)/t20?,21-,26+/m1/s1. The largest absolute Gasteiger partial charge is 0.324 e. The van der Waals surface area contributed by atoms with E-state index in [1.807, 2.05) is 6.20 Å². The highest BCUT2D eigenvalue weighted by atomic mass is 32.2. The van der Waals surface area contributed by atoms with Gasteiger partial charge in [-0.3, -0.25) is 14.4 Å². The third kappa shape index (κ3) is 8.78. The highest BCUT2D eigenvalue weighted by Gasteiger charge is 2.30. The second-order valence-electron chi connectivity index (χ2n) is 12.0. The first kappa shape index (κ1) is 33.4. The number of nitrogens with one attached hydrogen (secondary N) is 2. The number of halogens is 2. The first-order chi connectivity index (χ1) is 20.8. The van der Waals surface area contributed by atoms with Gasteiger partial charge in [0.2, 0.25) is 16.8 Å². The molecule has 2 N–H and O–H groups in total. The van der Waals surface area contributed by atoms with Crippen LogP contribution >= 0.6 is 0 Å². The number of pyridine rings is 1. The van der Waals surface area contributed by atoms with Crippen molar-refractivity contribution in [2.75, 3.05) is 10.0 Å². The number of aryl methyl sites for hydroxylation is 1.